The van der Waals surface area contributed by atoms with Gasteiger partial charge in [-0.3, -0.25) is 19.3 Å². The van der Waals surface area contributed by atoms with Crippen LogP contribution in [0.5, 0.6) is 0 Å². The van der Waals surface area contributed by atoms with E-state index in [4.69, 9.17) is 5.73 Å². The number of hydrogen-bond donors (Lipinski definition) is 2. The van der Waals surface area contributed by atoms with Crippen molar-refractivity contribution in [3.63, 3.8) is 0 Å². The second-order valence-corrected chi connectivity index (χ2v) is 9.44. The highest BCUT2D eigenvalue weighted by atomic mass is 32.2. The van der Waals surface area contributed by atoms with Crippen LogP contribution in [-0.2, 0) is 9.59 Å². The van der Waals surface area contributed by atoms with Gasteiger partial charge in [-0.05, 0) is 31.2 Å². The second kappa shape index (κ2) is 8.36. The van der Waals surface area contributed by atoms with Crippen molar-refractivity contribution in [3.8, 4) is 0 Å². The molecule has 27 heavy (non-hydrogen) atoms. The molecule has 2 aromatic rings. The summed E-state index contributed by atoms with van der Waals surface area (Å²) in [5.41, 5.74) is 5.59. The Kier molecular flexibility index (Phi) is 6.12. The van der Waals surface area contributed by atoms with Crippen LogP contribution >= 0.6 is 34.4 Å². The van der Waals surface area contributed by atoms with Gasteiger partial charge in [0.25, 0.3) is 5.91 Å². The number of nitrogens with one attached hydrogen (secondary N) is 1. The van der Waals surface area contributed by atoms with Gasteiger partial charge in [-0.25, -0.2) is 0 Å². The van der Waals surface area contributed by atoms with Gasteiger partial charge in [0.05, 0.1) is 10.8 Å². The number of carbonyl (C=O) groups excluding carboxylic acids is 3. The molecule has 0 aliphatic heterocycles. The Balaban J connectivity index is 1.64. The molecule has 1 saturated carbocycles. The maximum absolute atomic E-state index is 12.4. The van der Waals surface area contributed by atoms with Crippen molar-refractivity contribution in [2.24, 2.45) is 5.73 Å². The second-order valence-electron chi connectivity index (χ2n) is 5.98. The van der Waals surface area contributed by atoms with Gasteiger partial charge in [0.1, 0.15) is 5.00 Å². The lowest BCUT2D eigenvalue weighted by Gasteiger charge is -2.17. The fourth-order valence-electron chi connectivity index (χ4n) is 2.34. The van der Waals surface area contributed by atoms with E-state index in [1.165, 1.54) is 34.4 Å². The molecule has 0 radical (unpaired) electrons. The summed E-state index contributed by atoms with van der Waals surface area (Å²) in [7, 11) is 0. The van der Waals surface area contributed by atoms with E-state index in [1.54, 1.807) is 23.3 Å². The number of nitrogens with zero attached hydrogens (tertiary/aromatic N) is 3. The minimum Gasteiger partial charge on any atom is -0.366 e. The third-order valence-electron chi connectivity index (χ3n) is 3.90. The first-order chi connectivity index (χ1) is 12.9. The number of amides is 3. The number of thioether (sulfide) groups is 1. The molecule has 2 heterocycles. The van der Waals surface area contributed by atoms with Crippen molar-refractivity contribution in [1.29, 1.82) is 0 Å². The van der Waals surface area contributed by atoms with Crippen LogP contribution in [0.15, 0.2) is 15.8 Å². The summed E-state index contributed by atoms with van der Waals surface area (Å²) in [6.07, 6.45) is 2.38. The molecular weight excluding hydrogens is 406 g/mol. The standard InChI is InChI=1S/C16H19N5O3S3/c1-3-11(22)21(9-4-5-9)15-19-20-16(27-15)26-8(2)13(24)18-14-10(12(17)23)6-7-25-14/h6-9H,3-5H2,1-2H3,(H2,17,23)(H,18,24)/t8-/m0/s1. The highest BCUT2D eigenvalue weighted by Crippen LogP contribution is 2.37. The quantitative estimate of drug-likeness (QED) is 0.496. The number of primary amides is 1. The Bertz CT molecular complexity index is 861. The summed E-state index contributed by atoms with van der Waals surface area (Å²) < 4.78 is 0.614. The number of hydrogen-bond acceptors (Lipinski definition) is 8. The van der Waals surface area contributed by atoms with E-state index >= 15 is 0 Å². The summed E-state index contributed by atoms with van der Waals surface area (Å²) in [5.74, 6) is -0.806. The average Bonchev–Trinajstić information content (AvgIpc) is 3.16. The highest BCUT2D eigenvalue weighted by Gasteiger charge is 2.35. The minimum absolute atomic E-state index is 0.0349. The number of anilines is 2. The number of rotatable bonds is 8. The largest absolute Gasteiger partial charge is 0.366 e. The first kappa shape index (κ1) is 19.8. The smallest absolute Gasteiger partial charge is 0.251 e. The Morgan fingerprint density at radius 1 is 1.41 bits per heavy atom. The average molecular weight is 426 g/mol. The molecular formula is C16H19N5O3S3. The summed E-state index contributed by atoms with van der Waals surface area (Å²) in [4.78, 5) is 37.6. The molecule has 0 bridgehead atoms. The van der Waals surface area contributed by atoms with E-state index < -0.39 is 11.2 Å². The molecule has 0 spiro atoms. The van der Waals surface area contributed by atoms with E-state index in [1.807, 2.05) is 6.92 Å². The SMILES string of the molecule is CCC(=O)N(c1nnc(S[C@@H](C)C(=O)Nc2sccc2C(N)=O)s1)C1CC1. The molecule has 3 rings (SSSR count). The van der Waals surface area contributed by atoms with Crippen molar-refractivity contribution >= 4 is 62.3 Å². The van der Waals surface area contributed by atoms with Crippen LogP contribution < -0.4 is 16.0 Å². The van der Waals surface area contributed by atoms with Gasteiger partial charge in [-0.2, -0.15) is 0 Å². The van der Waals surface area contributed by atoms with Crippen LogP contribution in [0.25, 0.3) is 0 Å². The lowest BCUT2D eigenvalue weighted by Crippen LogP contribution is -2.32. The Labute approximate surface area is 168 Å². The van der Waals surface area contributed by atoms with Crippen molar-refractivity contribution in [1.82, 2.24) is 10.2 Å². The third kappa shape index (κ3) is 4.66. The van der Waals surface area contributed by atoms with Crippen LogP contribution in [0.1, 0.15) is 43.5 Å². The molecule has 0 saturated heterocycles. The Hall–Kier alpha value is -1.98. The molecule has 3 N–H and O–H groups in total. The van der Waals surface area contributed by atoms with Gasteiger partial charge in [0, 0.05) is 12.5 Å². The zero-order chi connectivity index (χ0) is 19.6. The van der Waals surface area contributed by atoms with Gasteiger partial charge in [-0.15, -0.1) is 21.5 Å². The number of aromatic nitrogens is 2. The molecule has 1 atom stereocenters. The van der Waals surface area contributed by atoms with E-state index in [0.29, 0.717) is 26.5 Å². The van der Waals surface area contributed by atoms with Crippen molar-refractivity contribution in [3.05, 3.63) is 17.0 Å². The van der Waals surface area contributed by atoms with Gasteiger partial charge in [-0.1, -0.05) is 30.0 Å². The summed E-state index contributed by atoms with van der Waals surface area (Å²) in [6.45, 7) is 3.57. The molecule has 0 aromatic carbocycles. The van der Waals surface area contributed by atoms with Crippen molar-refractivity contribution in [2.45, 2.75) is 48.7 Å². The molecule has 8 nitrogen and oxygen atoms in total. The fourth-order valence-corrected chi connectivity index (χ4v) is 5.20. The topological polar surface area (TPSA) is 118 Å². The number of nitrogens with two attached hydrogens (primary N) is 1. The Morgan fingerprint density at radius 2 is 2.15 bits per heavy atom. The molecule has 144 valence electrons. The molecule has 0 unspecified atom stereocenters. The zero-order valence-electron chi connectivity index (χ0n) is 14.8. The van der Waals surface area contributed by atoms with Crippen LogP contribution in [-0.4, -0.2) is 39.2 Å². The molecule has 1 aliphatic rings. The fraction of sp³-hybridized carbons (Fsp3) is 0.438. The highest BCUT2D eigenvalue weighted by molar-refractivity contribution is 8.02. The molecule has 1 aliphatic carbocycles. The van der Waals surface area contributed by atoms with Crippen LogP contribution in [0.3, 0.4) is 0 Å². The van der Waals surface area contributed by atoms with Gasteiger partial charge in [0.15, 0.2) is 4.34 Å². The summed E-state index contributed by atoms with van der Waals surface area (Å²) >= 11 is 3.81. The number of thiophene rings is 1. The molecule has 3 amide bonds. The molecule has 2 aromatic heterocycles. The first-order valence-corrected chi connectivity index (χ1v) is 11.0. The van der Waals surface area contributed by atoms with Gasteiger partial charge in [0.2, 0.25) is 16.9 Å². The monoisotopic (exact) mass is 425 g/mol. The summed E-state index contributed by atoms with van der Waals surface area (Å²) in [6, 6.07) is 1.80. The van der Waals surface area contributed by atoms with Gasteiger partial charge < -0.3 is 11.1 Å². The van der Waals surface area contributed by atoms with Crippen LogP contribution in [0.2, 0.25) is 0 Å². The van der Waals surface area contributed by atoms with Gasteiger partial charge >= 0.3 is 0 Å². The molecule has 11 heteroatoms. The maximum atomic E-state index is 12.4. The lowest BCUT2D eigenvalue weighted by atomic mass is 10.3. The van der Waals surface area contributed by atoms with Crippen LogP contribution in [0, 0.1) is 0 Å². The van der Waals surface area contributed by atoms with Crippen molar-refractivity contribution in [2.75, 3.05) is 10.2 Å². The first-order valence-electron chi connectivity index (χ1n) is 8.41. The third-order valence-corrected chi connectivity index (χ3v) is 6.84. The minimum atomic E-state index is -0.582. The number of carbonyl (C=O) groups is 3. The lowest BCUT2D eigenvalue weighted by molar-refractivity contribution is -0.118. The van der Waals surface area contributed by atoms with Crippen molar-refractivity contribution < 1.29 is 14.4 Å². The molecule has 1 fully saturated rings. The van der Waals surface area contributed by atoms with E-state index in [-0.39, 0.29) is 17.9 Å². The predicted octanol–water partition coefficient (Wildman–Crippen LogP) is 2.72. The Morgan fingerprint density at radius 3 is 2.78 bits per heavy atom. The van der Waals surface area contributed by atoms with Crippen LogP contribution in [0.4, 0.5) is 10.1 Å². The summed E-state index contributed by atoms with van der Waals surface area (Å²) in [5, 5.41) is 13.2. The normalized spacial score (nSPS) is 14.6. The van der Waals surface area contributed by atoms with E-state index in [9.17, 15) is 14.4 Å². The van der Waals surface area contributed by atoms with E-state index in [0.717, 1.165) is 12.8 Å². The van der Waals surface area contributed by atoms with E-state index in [2.05, 4.69) is 15.5 Å². The zero-order valence-corrected chi connectivity index (χ0v) is 17.2. The predicted molar refractivity (Wildman–Crippen MR) is 107 cm³/mol. The maximum Gasteiger partial charge on any atom is 0.251 e.